The van der Waals surface area contributed by atoms with Gasteiger partial charge >= 0.3 is 5.97 Å². The second kappa shape index (κ2) is 8.58. The van der Waals surface area contributed by atoms with Crippen LogP contribution < -0.4 is 10.5 Å². The van der Waals surface area contributed by atoms with Gasteiger partial charge in [0, 0.05) is 5.56 Å². The molecule has 5 heteroatoms. The summed E-state index contributed by atoms with van der Waals surface area (Å²) in [6, 6.07) is 17.0. The molecule has 0 spiro atoms. The quantitative estimate of drug-likeness (QED) is 0.280. The van der Waals surface area contributed by atoms with Gasteiger partial charge < -0.3 is 15.3 Å². The van der Waals surface area contributed by atoms with E-state index in [1.54, 1.807) is 0 Å². The lowest BCUT2D eigenvalue weighted by Crippen LogP contribution is -2.15. The number of para-hydroxylation sites is 1. The molecule has 0 aromatic heterocycles. The van der Waals surface area contributed by atoms with Crippen molar-refractivity contribution in [1.29, 1.82) is 0 Å². The van der Waals surface area contributed by atoms with E-state index in [1.807, 2.05) is 61.5 Å². The van der Waals surface area contributed by atoms with Crippen LogP contribution in [0.1, 0.15) is 24.0 Å². The summed E-state index contributed by atoms with van der Waals surface area (Å²) in [5.74, 6) is 0.530. The molecule has 0 saturated heterocycles. The number of hydrogen-bond acceptors (Lipinski definition) is 4. The van der Waals surface area contributed by atoms with Crippen molar-refractivity contribution in [3.05, 3.63) is 65.7 Å². The number of amidine groups is 1. The minimum atomic E-state index is -0.433. The molecule has 0 bridgehead atoms. The Morgan fingerprint density at radius 3 is 2.65 bits per heavy atom. The molecule has 0 amide bonds. The second-order valence-corrected chi connectivity index (χ2v) is 5.07. The first-order chi connectivity index (χ1) is 11.1. The highest BCUT2D eigenvalue weighted by Crippen LogP contribution is 2.09. The van der Waals surface area contributed by atoms with Crippen molar-refractivity contribution in [3.8, 4) is 5.75 Å². The summed E-state index contributed by atoms with van der Waals surface area (Å²) in [6.07, 6.45) is 0.769. The number of hydrogen-bond donors (Lipinski definition) is 1. The molecule has 0 atom stereocenters. The van der Waals surface area contributed by atoms with Crippen LogP contribution in [-0.4, -0.2) is 18.4 Å². The number of rotatable bonds is 7. The molecular weight excluding hydrogens is 292 g/mol. The van der Waals surface area contributed by atoms with Gasteiger partial charge in [0.05, 0.1) is 13.0 Å². The van der Waals surface area contributed by atoms with Crippen molar-refractivity contribution in [1.82, 2.24) is 0 Å². The molecule has 0 radical (unpaired) electrons. The van der Waals surface area contributed by atoms with Crippen molar-refractivity contribution in [2.24, 2.45) is 10.9 Å². The average Bonchev–Trinajstić information content (AvgIpc) is 2.57. The normalized spacial score (nSPS) is 11.1. The van der Waals surface area contributed by atoms with Crippen molar-refractivity contribution >= 4 is 11.8 Å². The van der Waals surface area contributed by atoms with Crippen LogP contribution in [0.2, 0.25) is 0 Å². The van der Waals surface area contributed by atoms with Gasteiger partial charge in [-0.05, 0) is 31.5 Å². The van der Waals surface area contributed by atoms with E-state index in [9.17, 15) is 4.79 Å². The third-order valence-electron chi connectivity index (χ3n) is 3.10. The van der Waals surface area contributed by atoms with Crippen LogP contribution in [-0.2, 0) is 9.63 Å². The summed E-state index contributed by atoms with van der Waals surface area (Å²) in [7, 11) is 0. The minimum absolute atomic E-state index is 0.183. The third kappa shape index (κ3) is 5.82. The summed E-state index contributed by atoms with van der Waals surface area (Å²) >= 11 is 0. The summed E-state index contributed by atoms with van der Waals surface area (Å²) in [5, 5.41) is 3.68. The fourth-order valence-electron chi connectivity index (χ4n) is 1.93. The number of carbonyl (C=O) groups is 1. The van der Waals surface area contributed by atoms with E-state index < -0.39 is 5.97 Å². The Kier molecular flexibility index (Phi) is 6.17. The maximum Gasteiger partial charge on any atom is 0.335 e. The summed E-state index contributed by atoms with van der Waals surface area (Å²) in [6.45, 7) is 2.39. The van der Waals surface area contributed by atoms with Crippen molar-refractivity contribution in [2.75, 3.05) is 6.61 Å². The van der Waals surface area contributed by atoms with E-state index in [1.165, 1.54) is 0 Å². The molecule has 2 aromatic carbocycles. The molecule has 0 aliphatic carbocycles. The molecule has 2 rings (SSSR count). The van der Waals surface area contributed by atoms with Crippen LogP contribution in [0.15, 0.2) is 59.8 Å². The van der Waals surface area contributed by atoms with Crippen LogP contribution in [0, 0.1) is 6.92 Å². The third-order valence-corrected chi connectivity index (χ3v) is 3.10. The van der Waals surface area contributed by atoms with Crippen LogP contribution in [0.25, 0.3) is 0 Å². The van der Waals surface area contributed by atoms with Gasteiger partial charge in [-0.25, -0.2) is 4.79 Å². The second-order valence-electron chi connectivity index (χ2n) is 5.07. The van der Waals surface area contributed by atoms with Gasteiger partial charge in [0.25, 0.3) is 0 Å². The van der Waals surface area contributed by atoms with Crippen LogP contribution in [0.5, 0.6) is 5.75 Å². The predicted octanol–water partition coefficient (Wildman–Crippen LogP) is 3.02. The van der Waals surface area contributed by atoms with E-state index in [-0.39, 0.29) is 12.3 Å². The van der Waals surface area contributed by atoms with E-state index in [0.717, 1.165) is 16.9 Å². The summed E-state index contributed by atoms with van der Waals surface area (Å²) in [5.41, 5.74) is 7.58. The largest absolute Gasteiger partial charge is 0.494 e. The van der Waals surface area contributed by atoms with E-state index >= 15 is 0 Å². The first kappa shape index (κ1) is 16.5. The molecule has 0 fully saturated rings. The van der Waals surface area contributed by atoms with Crippen molar-refractivity contribution in [3.63, 3.8) is 0 Å². The highest BCUT2D eigenvalue weighted by Gasteiger charge is 2.05. The highest BCUT2D eigenvalue weighted by atomic mass is 16.7. The fourth-order valence-corrected chi connectivity index (χ4v) is 1.93. The van der Waals surface area contributed by atoms with Crippen LogP contribution in [0.3, 0.4) is 0 Å². The zero-order chi connectivity index (χ0) is 16.5. The molecule has 0 saturated carbocycles. The first-order valence-corrected chi connectivity index (χ1v) is 7.43. The molecular formula is C18H20N2O3. The lowest BCUT2D eigenvalue weighted by Gasteiger charge is -2.05. The van der Waals surface area contributed by atoms with E-state index in [4.69, 9.17) is 15.3 Å². The van der Waals surface area contributed by atoms with Crippen LogP contribution >= 0.6 is 0 Å². The van der Waals surface area contributed by atoms with Gasteiger partial charge in [-0.2, -0.15) is 0 Å². The number of aryl methyl sites for hydroxylation is 1. The number of nitrogens with two attached hydrogens (primary N) is 1. The molecule has 2 aromatic rings. The zero-order valence-electron chi connectivity index (χ0n) is 13.1. The maximum atomic E-state index is 11.6. The van der Waals surface area contributed by atoms with Gasteiger partial charge in [-0.3, -0.25) is 0 Å². The van der Waals surface area contributed by atoms with Crippen LogP contribution in [0.4, 0.5) is 0 Å². The number of oxime groups is 1. The first-order valence-electron chi connectivity index (χ1n) is 7.43. The topological polar surface area (TPSA) is 73.9 Å². The molecule has 0 heterocycles. The van der Waals surface area contributed by atoms with Crippen molar-refractivity contribution in [2.45, 2.75) is 19.8 Å². The summed E-state index contributed by atoms with van der Waals surface area (Å²) in [4.78, 5) is 16.4. The smallest absolute Gasteiger partial charge is 0.335 e. The molecule has 0 aliphatic heterocycles. The Hall–Kier alpha value is -2.82. The SMILES string of the molecule is Cc1cccc(/C(N)=N\OC(=O)CCCOc2ccccc2)c1. The Morgan fingerprint density at radius 2 is 1.91 bits per heavy atom. The molecule has 2 N–H and O–H groups in total. The van der Waals surface area contributed by atoms with Gasteiger partial charge in [-0.1, -0.05) is 47.1 Å². The summed E-state index contributed by atoms with van der Waals surface area (Å²) < 4.78 is 5.50. The maximum absolute atomic E-state index is 11.6. The molecule has 23 heavy (non-hydrogen) atoms. The van der Waals surface area contributed by atoms with Gasteiger partial charge in [0.1, 0.15) is 5.75 Å². The molecule has 0 unspecified atom stereocenters. The minimum Gasteiger partial charge on any atom is -0.494 e. The Bertz CT molecular complexity index is 669. The fraction of sp³-hybridized carbons (Fsp3) is 0.222. The lowest BCUT2D eigenvalue weighted by molar-refractivity contribution is -0.143. The molecule has 5 nitrogen and oxygen atoms in total. The standard InChI is InChI=1S/C18H20N2O3/c1-14-7-5-8-15(13-14)18(19)20-23-17(21)11-6-12-22-16-9-3-2-4-10-16/h2-5,7-10,13H,6,11-12H2,1H3,(H2,19,20). The van der Waals surface area contributed by atoms with E-state index in [2.05, 4.69) is 5.16 Å². The van der Waals surface area contributed by atoms with Gasteiger partial charge in [0.15, 0.2) is 5.84 Å². The number of carbonyl (C=O) groups excluding carboxylic acids is 1. The van der Waals surface area contributed by atoms with Gasteiger partial charge in [0.2, 0.25) is 0 Å². The van der Waals surface area contributed by atoms with Crippen molar-refractivity contribution < 1.29 is 14.4 Å². The predicted molar refractivity (Wildman–Crippen MR) is 89.2 cm³/mol. The number of nitrogens with zero attached hydrogens (tertiary/aromatic N) is 1. The zero-order valence-corrected chi connectivity index (χ0v) is 13.1. The van der Waals surface area contributed by atoms with Gasteiger partial charge in [-0.15, -0.1) is 0 Å². The Morgan fingerprint density at radius 1 is 1.13 bits per heavy atom. The molecule has 120 valence electrons. The number of ether oxygens (including phenoxy) is 1. The van der Waals surface area contributed by atoms with E-state index in [0.29, 0.717) is 13.0 Å². The Labute approximate surface area is 135 Å². The molecule has 0 aliphatic rings. The Balaban J connectivity index is 1.71. The monoisotopic (exact) mass is 312 g/mol. The average molecular weight is 312 g/mol. The lowest BCUT2D eigenvalue weighted by atomic mass is 10.1. The highest BCUT2D eigenvalue weighted by molar-refractivity contribution is 5.97. The number of benzene rings is 2.